The third kappa shape index (κ3) is 4.18. The first-order chi connectivity index (χ1) is 12.0. The van der Waals surface area contributed by atoms with Gasteiger partial charge in [0.15, 0.2) is 0 Å². The van der Waals surface area contributed by atoms with Crippen molar-refractivity contribution in [3.05, 3.63) is 53.7 Å². The number of piperidine rings is 1. The van der Waals surface area contributed by atoms with Crippen molar-refractivity contribution in [2.45, 2.75) is 17.7 Å². The quantitative estimate of drug-likeness (QED) is 0.885. The van der Waals surface area contributed by atoms with E-state index in [9.17, 15) is 13.2 Å². The van der Waals surface area contributed by atoms with Gasteiger partial charge < -0.3 is 5.32 Å². The first-order valence-electron chi connectivity index (χ1n) is 7.94. The molecule has 1 aliphatic rings. The summed E-state index contributed by atoms with van der Waals surface area (Å²) in [6, 6.07) is 11.5. The van der Waals surface area contributed by atoms with Gasteiger partial charge in [0.2, 0.25) is 15.9 Å². The Kier molecular flexibility index (Phi) is 5.36. The Balaban J connectivity index is 1.70. The number of pyridine rings is 1. The van der Waals surface area contributed by atoms with Crippen LogP contribution in [0, 0.1) is 5.92 Å². The average Bonchev–Trinajstić information content (AvgIpc) is 2.64. The largest absolute Gasteiger partial charge is 0.310 e. The van der Waals surface area contributed by atoms with Crippen molar-refractivity contribution >= 4 is 33.3 Å². The van der Waals surface area contributed by atoms with Gasteiger partial charge in [-0.15, -0.1) is 0 Å². The van der Waals surface area contributed by atoms with Crippen molar-refractivity contribution in [1.29, 1.82) is 0 Å². The van der Waals surface area contributed by atoms with Crippen molar-refractivity contribution in [2.24, 2.45) is 5.92 Å². The molecule has 132 valence electrons. The molecule has 0 bridgehead atoms. The number of benzene rings is 1. The Morgan fingerprint density at radius 3 is 2.64 bits per heavy atom. The number of sulfonamides is 1. The van der Waals surface area contributed by atoms with E-state index in [4.69, 9.17) is 11.6 Å². The van der Waals surface area contributed by atoms with Gasteiger partial charge in [-0.3, -0.25) is 4.79 Å². The van der Waals surface area contributed by atoms with E-state index in [0.29, 0.717) is 30.2 Å². The molecular weight excluding hydrogens is 362 g/mol. The van der Waals surface area contributed by atoms with E-state index in [1.807, 2.05) is 0 Å². The van der Waals surface area contributed by atoms with Crippen LogP contribution in [0.3, 0.4) is 0 Å². The summed E-state index contributed by atoms with van der Waals surface area (Å²) >= 11 is 5.78. The maximum atomic E-state index is 12.7. The molecular formula is C17H18ClN3O3S. The number of rotatable bonds is 4. The minimum atomic E-state index is -3.59. The average molecular weight is 380 g/mol. The van der Waals surface area contributed by atoms with Crippen molar-refractivity contribution in [3.63, 3.8) is 0 Å². The lowest BCUT2D eigenvalue weighted by Gasteiger charge is -2.31. The van der Waals surface area contributed by atoms with Crippen LogP contribution in [0.5, 0.6) is 0 Å². The second-order valence-corrected chi connectivity index (χ2v) is 8.24. The maximum absolute atomic E-state index is 12.7. The number of aromatic nitrogens is 1. The monoisotopic (exact) mass is 379 g/mol. The zero-order chi connectivity index (χ0) is 17.9. The van der Waals surface area contributed by atoms with Gasteiger partial charge in [0.25, 0.3) is 0 Å². The van der Waals surface area contributed by atoms with Crippen molar-refractivity contribution in [1.82, 2.24) is 9.29 Å². The minimum Gasteiger partial charge on any atom is -0.310 e. The molecule has 6 nitrogen and oxygen atoms in total. The zero-order valence-corrected chi connectivity index (χ0v) is 15.0. The van der Waals surface area contributed by atoms with Crippen LogP contribution >= 0.6 is 11.6 Å². The molecule has 1 saturated heterocycles. The Hall–Kier alpha value is -1.96. The van der Waals surface area contributed by atoms with Gasteiger partial charge in [0.05, 0.1) is 15.8 Å². The first kappa shape index (κ1) is 17.8. The fourth-order valence-corrected chi connectivity index (χ4v) is 4.45. The molecule has 1 aromatic heterocycles. The second kappa shape index (κ2) is 7.51. The summed E-state index contributed by atoms with van der Waals surface area (Å²) in [6.07, 6.45) is 2.72. The molecule has 25 heavy (non-hydrogen) atoms. The molecule has 1 fully saturated rings. The molecule has 0 radical (unpaired) electrons. The lowest BCUT2D eigenvalue weighted by Crippen LogP contribution is -2.43. The van der Waals surface area contributed by atoms with Crippen LogP contribution in [-0.2, 0) is 14.8 Å². The number of halogens is 1. The molecule has 1 atom stereocenters. The number of carbonyl (C=O) groups is 1. The molecule has 2 heterocycles. The highest BCUT2D eigenvalue weighted by Crippen LogP contribution is 2.24. The number of hydrogen-bond acceptors (Lipinski definition) is 4. The lowest BCUT2D eigenvalue weighted by atomic mass is 9.99. The number of carbonyl (C=O) groups excluding carboxylic acids is 1. The minimum absolute atomic E-state index is 0.163. The summed E-state index contributed by atoms with van der Waals surface area (Å²) in [5.74, 6) is -0.245. The SMILES string of the molecule is O=C(Nc1ccc(Cl)cn1)C1CCCN(S(=O)(=O)c2ccccc2)C1. The van der Waals surface area contributed by atoms with Crippen LogP contribution in [0.25, 0.3) is 0 Å². The Morgan fingerprint density at radius 2 is 1.96 bits per heavy atom. The van der Waals surface area contributed by atoms with Crippen LogP contribution < -0.4 is 5.32 Å². The summed E-state index contributed by atoms with van der Waals surface area (Å²) < 4.78 is 26.8. The van der Waals surface area contributed by atoms with E-state index in [2.05, 4.69) is 10.3 Å². The molecule has 0 aliphatic carbocycles. The van der Waals surface area contributed by atoms with E-state index in [-0.39, 0.29) is 17.3 Å². The molecule has 1 N–H and O–H groups in total. The van der Waals surface area contributed by atoms with Crippen LogP contribution in [0.2, 0.25) is 5.02 Å². The van der Waals surface area contributed by atoms with Crippen LogP contribution in [0.1, 0.15) is 12.8 Å². The van der Waals surface area contributed by atoms with E-state index in [1.165, 1.54) is 10.5 Å². The topological polar surface area (TPSA) is 79.4 Å². The fraction of sp³-hybridized carbons (Fsp3) is 0.294. The van der Waals surface area contributed by atoms with Gasteiger partial charge in [-0.05, 0) is 37.1 Å². The highest BCUT2D eigenvalue weighted by molar-refractivity contribution is 7.89. The predicted octanol–water partition coefficient (Wildman–Crippen LogP) is 2.77. The van der Waals surface area contributed by atoms with Crippen molar-refractivity contribution < 1.29 is 13.2 Å². The lowest BCUT2D eigenvalue weighted by molar-refractivity contribution is -0.120. The summed E-state index contributed by atoms with van der Waals surface area (Å²) in [6.45, 7) is 0.580. The number of amides is 1. The van der Waals surface area contributed by atoms with Gasteiger partial charge in [-0.2, -0.15) is 4.31 Å². The van der Waals surface area contributed by atoms with E-state index in [0.717, 1.165) is 0 Å². The van der Waals surface area contributed by atoms with Gasteiger partial charge in [0, 0.05) is 19.3 Å². The summed E-state index contributed by atoms with van der Waals surface area (Å²) in [5, 5.41) is 3.20. The molecule has 1 aromatic carbocycles. The third-order valence-corrected chi connectivity index (χ3v) is 6.22. The van der Waals surface area contributed by atoms with Crippen molar-refractivity contribution in [3.8, 4) is 0 Å². The van der Waals surface area contributed by atoms with Gasteiger partial charge in [-0.25, -0.2) is 13.4 Å². The molecule has 8 heteroatoms. The van der Waals surface area contributed by atoms with E-state index in [1.54, 1.807) is 42.5 Å². The number of nitrogens with zero attached hydrogens (tertiary/aromatic N) is 2. The van der Waals surface area contributed by atoms with E-state index < -0.39 is 15.9 Å². The number of anilines is 1. The summed E-state index contributed by atoms with van der Waals surface area (Å²) in [7, 11) is -3.59. The van der Waals surface area contributed by atoms with Crippen LogP contribution in [-0.4, -0.2) is 36.7 Å². The third-order valence-electron chi connectivity index (χ3n) is 4.11. The second-order valence-electron chi connectivity index (χ2n) is 5.87. The summed E-state index contributed by atoms with van der Waals surface area (Å²) in [4.78, 5) is 16.7. The highest BCUT2D eigenvalue weighted by atomic mass is 35.5. The smallest absolute Gasteiger partial charge is 0.243 e. The molecule has 1 aliphatic heterocycles. The van der Waals surface area contributed by atoms with Gasteiger partial charge >= 0.3 is 0 Å². The molecule has 0 spiro atoms. The van der Waals surface area contributed by atoms with Gasteiger partial charge in [0.1, 0.15) is 5.82 Å². The standard InChI is InChI=1S/C17H18ClN3O3S/c18-14-8-9-16(19-11-14)20-17(22)13-5-4-10-21(12-13)25(23,24)15-6-2-1-3-7-15/h1-3,6-9,11,13H,4-5,10,12H2,(H,19,20,22). The zero-order valence-electron chi connectivity index (χ0n) is 13.4. The molecule has 2 aromatic rings. The molecule has 1 amide bonds. The van der Waals surface area contributed by atoms with Crippen molar-refractivity contribution in [2.75, 3.05) is 18.4 Å². The van der Waals surface area contributed by atoms with Crippen LogP contribution in [0.4, 0.5) is 5.82 Å². The van der Waals surface area contributed by atoms with Gasteiger partial charge in [-0.1, -0.05) is 29.8 Å². The summed E-state index contributed by atoms with van der Waals surface area (Å²) in [5.41, 5.74) is 0. The predicted molar refractivity (Wildman–Crippen MR) is 95.8 cm³/mol. The fourth-order valence-electron chi connectivity index (χ4n) is 2.79. The molecule has 0 saturated carbocycles. The normalized spacial score (nSPS) is 18.7. The Labute approximate surface area is 151 Å². The molecule has 3 rings (SSSR count). The Bertz CT molecular complexity index is 841. The number of hydrogen-bond donors (Lipinski definition) is 1. The van der Waals surface area contributed by atoms with Crippen LogP contribution in [0.15, 0.2) is 53.6 Å². The first-order valence-corrected chi connectivity index (χ1v) is 9.76. The number of nitrogens with one attached hydrogen (secondary N) is 1. The van der Waals surface area contributed by atoms with E-state index >= 15 is 0 Å². The maximum Gasteiger partial charge on any atom is 0.243 e. The molecule has 1 unspecified atom stereocenters. The Morgan fingerprint density at radius 1 is 1.20 bits per heavy atom. The highest BCUT2D eigenvalue weighted by Gasteiger charge is 2.33.